The van der Waals surface area contributed by atoms with Crippen molar-refractivity contribution in [3.05, 3.63) is 64.5 Å². The van der Waals surface area contributed by atoms with Crippen molar-refractivity contribution >= 4 is 15.9 Å². The van der Waals surface area contributed by atoms with Crippen LogP contribution in [-0.2, 0) is 12.2 Å². The Hall–Kier alpha value is -2.19. The average molecular weight is 435 g/mol. The number of halogens is 3. The molecule has 140 valence electrons. The number of hydrogen-bond donors (Lipinski definition) is 0. The first-order chi connectivity index (χ1) is 13.0. The Morgan fingerprint density at radius 3 is 3.00 bits per heavy atom. The van der Waals surface area contributed by atoms with E-state index >= 15 is 4.39 Å². The molecule has 0 spiro atoms. The summed E-state index contributed by atoms with van der Waals surface area (Å²) in [6, 6.07) is 8.31. The molecule has 0 radical (unpaired) electrons. The fourth-order valence-electron chi connectivity index (χ4n) is 3.33. The Morgan fingerprint density at radius 2 is 2.19 bits per heavy atom. The molecule has 2 aromatic heterocycles. The number of likely N-dealkylation sites (tertiary alicyclic amines) is 1. The molecule has 1 fully saturated rings. The van der Waals surface area contributed by atoms with Crippen molar-refractivity contribution in [2.75, 3.05) is 13.1 Å². The Morgan fingerprint density at radius 1 is 1.30 bits per heavy atom. The average Bonchev–Trinajstić information content (AvgIpc) is 3.17. The van der Waals surface area contributed by atoms with Crippen LogP contribution in [0.1, 0.15) is 24.3 Å². The van der Waals surface area contributed by atoms with E-state index in [0.29, 0.717) is 42.9 Å². The second kappa shape index (κ2) is 7.44. The minimum atomic E-state index is -1.76. The third kappa shape index (κ3) is 3.91. The van der Waals surface area contributed by atoms with Crippen LogP contribution < -0.4 is 0 Å². The summed E-state index contributed by atoms with van der Waals surface area (Å²) >= 11 is 3.35. The van der Waals surface area contributed by atoms with Crippen LogP contribution in [0.15, 0.2) is 51.7 Å². The van der Waals surface area contributed by atoms with Crippen LogP contribution in [0.3, 0.4) is 0 Å². The highest BCUT2D eigenvalue weighted by Crippen LogP contribution is 2.36. The van der Waals surface area contributed by atoms with Crippen molar-refractivity contribution in [1.29, 1.82) is 0 Å². The van der Waals surface area contributed by atoms with Crippen LogP contribution in [0.4, 0.5) is 8.78 Å². The minimum Gasteiger partial charge on any atom is -0.335 e. The zero-order valence-corrected chi connectivity index (χ0v) is 16.0. The van der Waals surface area contributed by atoms with Gasteiger partial charge < -0.3 is 4.52 Å². The van der Waals surface area contributed by atoms with Crippen molar-refractivity contribution in [2.45, 2.75) is 25.1 Å². The van der Waals surface area contributed by atoms with Gasteiger partial charge in [0.05, 0.1) is 0 Å². The van der Waals surface area contributed by atoms with Crippen LogP contribution in [0.5, 0.6) is 0 Å². The van der Waals surface area contributed by atoms with E-state index in [9.17, 15) is 4.39 Å². The first-order valence-corrected chi connectivity index (χ1v) is 9.43. The quantitative estimate of drug-likeness (QED) is 0.605. The number of nitrogens with zero attached hydrogens (tertiary/aromatic N) is 4. The number of rotatable bonds is 4. The van der Waals surface area contributed by atoms with E-state index in [4.69, 9.17) is 4.52 Å². The smallest absolute Gasteiger partial charge is 0.265 e. The molecule has 0 saturated carbocycles. The lowest BCUT2D eigenvalue weighted by Crippen LogP contribution is -2.43. The largest absolute Gasteiger partial charge is 0.335 e. The molecule has 1 saturated heterocycles. The molecule has 1 aliphatic rings. The molecule has 27 heavy (non-hydrogen) atoms. The van der Waals surface area contributed by atoms with E-state index in [1.165, 1.54) is 6.07 Å². The van der Waals surface area contributed by atoms with Gasteiger partial charge in [-0.1, -0.05) is 21.1 Å². The monoisotopic (exact) mass is 434 g/mol. The Kier molecular flexibility index (Phi) is 5.01. The molecule has 5 nitrogen and oxygen atoms in total. The van der Waals surface area contributed by atoms with Crippen molar-refractivity contribution in [3.63, 3.8) is 0 Å². The summed E-state index contributed by atoms with van der Waals surface area (Å²) in [6.45, 7) is 1.08. The molecular formula is C19H17BrF2N4O. The predicted octanol–water partition coefficient (Wildman–Crippen LogP) is 4.49. The highest BCUT2D eigenvalue weighted by atomic mass is 79.9. The van der Waals surface area contributed by atoms with E-state index in [-0.39, 0.29) is 18.3 Å². The van der Waals surface area contributed by atoms with Gasteiger partial charge in [0.1, 0.15) is 5.82 Å². The molecule has 1 aliphatic heterocycles. The number of pyridine rings is 1. The van der Waals surface area contributed by atoms with E-state index < -0.39 is 5.67 Å². The molecule has 3 aromatic rings. The molecule has 3 heterocycles. The molecule has 0 amide bonds. The maximum atomic E-state index is 15.6. The normalized spacial score (nSPS) is 20.7. The number of hydrogen-bond acceptors (Lipinski definition) is 5. The van der Waals surface area contributed by atoms with Gasteiger partial charge in [0.15, 0.2) is 0 Å². The van der Waals surface area contributed by atoms with Gasteiger partial charge in [0.2, 0.25) is 11.5 Å². The van der Waals surface area contributed by atoms with E-state index in [0.717, 1.165) is 4.47 Å². The maximum Gasteiger partial charge on any atom is 0.265 e. The lowest BCUT2D eigenvalue weighted by Gasteiger charge is -2.35. The Balaban J connectivity index is 1.53. The third-order valence-electron chi connectivity index (χ3n) is 4.65. The highest BCUT2D eigenvalue weighted by molar-refractivity contribution is 9.10. The molecule has 1 aromatic carbocycles. The van der Waals surface area contributed by atoms with E-state index in [1.54, 1.807) is 36.7 Å². The van der Waals surface area contributed by atoms with Gasteiger partial charge in [-0.3, -0.25) is 9.88 Å². The minimum absolute atomic E-state index is 0.0410. The summed E-state index contributed by atoms with van der Waals surface area (Å²) in [5, 5.41) is 3.89. The molecule has 8 heteroatoms. The van der Waals surface area contributed by atoms with Crippen LogP contribution in [-0.4, -0.2) is 33.1 Å². The molecule has 1 unspecified atom stereocenters. The SMILES string of the molecule is Fc1ccc(Br)cc1CN1CCCC(F)(c2nc(-c3cccnc3)no2)C1. The van der Waals surface area contributed by atoms with Gasteiger partial charge >= 0.3 is 0 Å². The maximum absolute atomic E-state index is 15.6. The van der Waals surface area contributed by atoms with Crippen LogP contribution >= 0.6 is 15.9 Å². The Labute approximate surface area is 163 Å². The van der Waals surface area contributed by atoms with Gasteiger partial charge in [-0.05, 0) is 49.7 Å². The summed E-state index contributed by atoms with van der Waals surface area (Å²) in [5.74, 6) is -0.0315. The van der Waals surface area contributed by atoms with Crippen LogP contribution in [0, 0.1) is 5.82 Å². The highest BCUT2D eigenvalue weighted by Gasteiger charge is 2.42. The molecular weight excluding hydrogens is 418 g/mol. The summed E-state index contributed by atoms with van der Waals surface area (Å²) < 4.78 is 35.7. The number of aromatic nitrogens is 3. The second-order valence-electron chi connectivity index (χ2n) is 6.68. The predicted molar refractivity (Wildman–Crippen MR) is 98.9 cm³/mol. The topological polar surface area (TPSA) is 55.1 Å². The van der Waals surface area contributed by atoms with Crippen LogP contribution in [0.2, 0.25) is 0 Å². The van der Waals surface area contributed by atoms with E-state index in [2.05, 4.69) is 31.1 Å². The number of piperidine rings is 1. The van der Waals surface area contributed by atoms with Gasteiger partial charge in [-0.2, -0.15) is 4.98 Å². The summed E-state index contributed by atoms with van der Waals surface area (Å²) in [6.07, 6.45) is 4.15. The Bertz CT molecular complexity index is 936. The molecule has 0 N–H and O–H groups in total. The number of benzene rings is 1. The number of alkyl halides is 1. The van der Waals surface area contributed by atoms with Gasteiger partial charge in [-0.15, -0.1) is 0 Å². The lowest BCUT2D eigenvalue weighted by molar-refractivity contribution is 0.0120. The zero-order valence-electron chi connectivity index (χ0n) is 14.4. The van der Waals surface area contributed by atoms with Crippen molar-refractivity contribution in [2.24, 2.45) is 0 Å². The standard InChI is InChI=1S/C19H17BrF2N4O/c20-15-4-5-16(21)14(9-15)11-26-8-2-6-19(22,12-26)18-24-17(25-27-18)13-3-1-7-23-10-13/h1,3-5,7,9-10H,2,6,8,11-12H2. The lowest BCUT2D eigenvalue weighted by atomic mass is 9.94. The van der Waals surface area contributed by atoms with Crippen molar-refractivity contribution in [3.8, 4) is 11.4 Å². The molecule has 1 atom stereocenters. The van der Waals surface area contributed by atoms with Crippen molar-refractivity contribution < 1.29 is 13.3 Å². The fourth-order valence-corrected chi connectivity index (χ4v) is 3.74. The molecule has 0 aliphatic carbocycles. The molecule has 0 bridgehead atoms. The third-order valence-corrected chi connectivity index (χ3v) is 5.15. The van der Waals surface area contributed by atoms with Gasteiger partial charge in [0.25, 0.3) is 5.89 Å². The summed E-state index contributed by atoms with van der Waals surface area (Å²) in [7, 11) is 0. The first-order valence-electron chi connectivity index (χ1n) is 8.63. The first kappa shape index (κ1) is 18.2. The summed E-state index contributed by atoms with van der Waals surface area (Å²) in [4.78, 5) is 10.1. The van der Waals surface area contributed by atoms with Crippen LogP contribution in [0.25, 0.3) is 11.4 Å². The van der Waals surface area contributed by atoms with Gasteiger partial charge in [0, 0.05) is 41.1 Å². The zero-order chi connectivity index (χ0) is 18.9. The summed E-state index contributed by atoms with van der Waals surface area (Å²) in [5.41, 5.74) is -0.566. The second-order valence-corrected chi connectivity index (χ2v) is 7.60. The van der Waals surface area contributed by atoms with E-state index in [1.807, 2.05) is 4.90 Å². The fraction of sp³-hybridized carbons (Fsp3) is 0.316. The van der Waals surface area contributed by atoms with Gasteiger partial charge in [-0.25, -0.2) is 8.78 Å². The molecule has 4 rings (SSSR count). The van der Waals surface area contributed by atoms with Crippen molar-refractivity contribution in [1.82, 2.24) is 20.0 Å².